The van der Waals surface area contributed by atoms with E-state index in [1.165, 1.54) is 6.07 Å². The van der Waals surface area contributed by atoms with Crippen LogP contribution in [0.2, 0.25) is 0 Å². The Bertz CT molecular complexity index is 465. The quantitative estimate of drug-likeness (QED) is 0.847. The molecule has 1 aromatic carbocycles. The number of hydrogen-bond donors (Lipinski definition) is 2. The van der Waals surface area contributed by atoms with Gasteiger partial charge in [-0.25, -0.2) is 4.39 Å². The van der Waals surface area contributed by atoms with Crippen molar-refractivity contribution in [3.8, 4) is 0 Å². The van der Waals surface area contributed by atoms with Crippen molar-refractivity contribution in [1.29, 1.82) is 0 Å². The normalized spacial score (nSPS) is 22.6. The van der Waals surface area contributed by atoms with Crippen LogP contribution in [0.1, 0.15) is 29.3 Å². The van der Waals surface area contributed by atoms with Crippen LogP contribution in [-0.4, -0.2) is 25.2 Å². The third kappa shape index (κ3) is 3.52. The van der Waals surface area contributed by atoms with E-state index < -0.39 is 11.7 Å². The summed E-state index contributed by atoms with van der Waals surface area (Å²) in [6, 6.07) is 4.32. The maximum atomic E-state index is 13.7. The van der Waals surface area contributed by atoms with Gasteiger partial charge in [0.2, 0.25) is 5.91 Å². The topological polar surface area (TPSA) is 64.3 Å². The fourth-order valence-corrected chi connectivity index (χ4v) is 2.28. The van der Waals surface area contributed by atoms with E-state index in [4.69, 9.17) is 10.5 Å². The fourth-order valence-electron chi connectivity index (χ4n) is 2.28. The second-order valence-corrected chi connectivity index (χ2v) is 4.93. The lowest BCUT2D eigenvalue weighted by Crippen LogP contribution is -2.27. The number of nitrogens with two attached hydrogens (primary N) is 1. The molecule has 1 aromatic rings. The van der Waals surface area contributed by atoms with Gasteiger partial charge >= 0.3 is 0 Å². The number of nitrogens with one attached hydrogen (secondary N) is 1. The lowest BCUT2D eigenvalue weighted by molar-refractivity contribution is 0.0999. The summed E-state index contributed by atoms with van der Waals surface area (Å²) in [5.74, 6) is -0.539. The fraction of sp³-hybridized carbons (Fsp3) is 0.500. The van der Waals surface area contributed by atoms with E-state index in [2.05, 4.69) is 12.2 Å². The molecule has 0 aromatic heterocycles. The van der Waals surface area contributed by atoms with Crippen LogP contribution in [0.4, 0.5) is 4.39 Å². The van der Waals surface area contributed by atoms with Gasteiger partial charge in [0.25, 0.3) is 0 Å². The van der Waals surface area contributed by atoms with E-state index in [0.717, 1.165) is 19.6 Å². The van der Waals surface area contributed by atoms with Crippen LogP contribution in [0, 0.1) is 11.7 Å². The summed E-state index contributed by atoms with van der Waals surface area (Å²) in [6.45, 7) is 4.10. The Kier molecular flexibility index (Phi) is 4.50. The van der Waals surface area contributed by atoms with Gasteiger partial charge in [-0.1, -0.05) is 6.07 Å². The van der Waals surface area contributed by atoms with Crippen LogP contribution in [0.15, 0.2) is 18.2 Å². The molecule has 0 radical (unpaired) electrons. The highest BCUT2D eigenvalue weighted by Crippen LogP contribution is 2.19. The first kappa shape index (κ1) is 14.0. The summed E-state index contributed by atoms with van der Waals surface area (Å²) >= 11 is 0. The molecule has 1 aliphatic rings. The van der Waals surface area contributed by atoms with Crippen molar-refractivity contribution in [3.63, 3.8) is 0 Å². The number of amides is 1. The molecular formula is C14H19FN2O2. The Morgan fingerprint density at radius 2 is 2.37 bits per heavy atom. The Hall–Kier alpha value is -1.46. The first-order valence-corrected chi connectivity index (χ1v) is 6.48. The van der Waals surface area contributed by atoms with Crippen molar-refractivity contribution in [2.75, 3.05) is 13.2 Å². The highest BCUT2D eigenvalue weighted by atomic mass is 19.1. The molecule has 19 heavy (non-hydrogen) atoms. The van der Waals surface area contributed by atoms with Gasteiger partial charge in [-0.2, -0.15) is 0 Å². The van der Waals surface area contributed by atoms with Gasteiger partial charge in [0.05, 0.1) is 6.10 Å². The molecule has 2 rings (SSSR count). The van der Waals surface area contributed by atoms with E-state index in [-0.39, 0.29) is 11.7 Å². The molecule has 2 atom stereocenters. The lowest BCUT2D eigenvalue weighted by atomic mass is 10.0. The summed E-state index contributed by atoms with van der Waals surface area (Å²) in [5.41, 5.74) is 5.83. The average molecular weight is 266 g/mol. The second-order valence-electron chi connectivity index (χ2n) is 4.93. The van der Waals surface area contributed by atoms with Crippen LogP contribution in [0.3, 0.4) is 0 Å². The molecule has 3 N–H and O–H groups in total. The van der Waals surface area contributed by atoms with Gasteiger partial charge in [0, 0.05) is 30.8 Å². The predicted molar refractivity (Wildman–Crippen MR) is 70.1 cm³/mol. The smallest absolute Gasteiger partial charge is 0.248 e. The summed E-state index contributed by atoms with van der Waals surface area (Å²) in [5, 5.41) is 3.23. The van der Waals surface area contributed by atoms with Crippen LogP contribution in [0.5, 0.6) is 0 Å². The molecular weight excluding hydrogens is 247 g/mol. The molecule has 1 aliphatic heterocycles. The number of benzene rings is 1. The van der Waals surface area contributed by atoms with E-state index in [9.17, 15) is 9.18 Å². The Morgan fingerprint density at radius 1 is 1.58 bits per heavy atom. The minimum Gasteiger partial charge on any atom is -0.378 e. The van der Waals surface area contributed by atoms with Crippen LogP contribution >= 0.6 is 0 Å². The largest absolute Gasteiger partial charge is 0.378 e. The Balaban J connectivity index is 1.87. The zero-order chi connectivity index (χ0) is 13.8. The minimum absolute atomic E-state index is 0.194. The number of rotatable bonds is 5. The van der Waals surface area contributed by atoms with Crippen LogP contribution in [-0.2, 0) is 11.3 Å². The maximum Gasteiger partial charge on any atom is 0.248 e. The van der Waals surface area contributed by atoms with Crippen LogP contribution < -0.4 is 11.1 Å². The Morgan fingerprint density at radius 3 is 2.95 bits per heavy atom. The van der Waals surface area contributed by atoms with E-state index >= 15 is 0 Å². The summed E-state index contributed by atoms with van der Waals surface area (Å²) in [4.78, 5) is 10.9. The van der Waals surface area contributed by atoms with Crippen molar-refractivity contribution in [1.82, 2.24) is 5.32 Å². The van der Waals surface area contributed by atoms with E-state index in [1.807, 2.05) is 0 Å². The number of primary amides is 1. The van der Waals surface area contributed by atoms with E-state index in [1.54, 1.807) is 12.1 Å². The summed E-state index contributed by atoms with van der Waals surface area (Å²) in [7, 11) is 0. The van der Waals surface area contributed by atoms with Gasteiger partial charge < -0.3 is 15.8 Å². The third-order valence-corrected chi connectivity index (χ3v) is 3.59. The molecule has 1 amide bonds. The minimum atomic E-state index is -0.615. The van der Waals surface area contributed by atoms with Crippen molar-refractivity contribution in [2.24, 2.45) is 11.7 Å². The number of hydrogen-bond acceptors (Lipinski definition) is 3. The van der Waals surface area contributed by atoms with Gasteiger partial charge in [0.1, 0.15) is 5.82 Å². The van der Waals surface area contributed by atoms with Crippen molar-refractivity contribution >= 4 is 5.91 Å². The molecule has 0 spiro atoms. The first-order valence-electron chi connectivity index (χ1n) is 6.48. The molecule has 104 valence electrons. The summed E-state index contributed by atoms with van der Waals surface area (Å²) in [6.07, 6.45) is 1.30. The number of ether oxygens (including phenoxy) is 1. The molecule has 2 unspecified atom stereocenters. The molecule has 1 heterocycles. The molecule has 4 nitrogen and oxygen atoms in total. The standard InChI is InChI=1S/C14H19FN2O2/c1-9-11(4-5-19-9)7-17-8-12-3-2-10(14(16)18)6-13(12)15/h2-3,6,9,11,17H,4-5,7-8H2,1H3,(H2,16,18). The zero-order valence-corrected chi connectivity index (χ0v) is 11.0. The second kappa shape index (κ2) is 6.12. The molecule has 1 saturated heterocycles. The maximum absolute atomic E-state index is 13.7. The highest BCUT2D eigenvalue weighted by molar-refractivity contribution is 5.92. The van der Waals surface area contributed by atoms with Crippen molar-refractivity contribution < 1.29 is 13.9 Å². The monoisotopic (exact) mass is 266 g/mol. The molecule has 1 fully saturated rings. The SMILES string of the molecule is CC1OCCC1CNCc1ccc(C(N)=O)cc1F. The van der Waals surface area contributed by atoms with Gasteiger partial charge in [-0.05, 0) is 31.4 Å². The Labute approximate surface area is 112 Å². The van der Waals surface area contributed by atoms with Crippen molar-refractivity contribution in [2.45, 2.75) is 26.0 Å². The molecule has 5 heteroatoms. The first-order chi connectivity index (χ1) is 9.08. The molecule has 0 aliphatic carbocycles. The zero-order valence-electron chi connectivity index (χ0n) is 11.0. The molecule has 0 bridgehead atoms. The molecule has 0 saturated carbocycles. The average Bonchev–Trinajstić information content (AvgIpc) is 2.77. The highest BCUT2D eigenvalue weighted by Gasteiger charge is 2.23. The summed E-state index contributed by atoms with van der Waals surface area (Å²) < 4.78 is 19.2. The van der Waals surface area contributed by atoms with Gasteiger partial charge in [-0.3, -0.25) is 4.79 Å². The number of halogens is 1. The number of carbonyl (C=O) groups excluding carboxylic acids is 1. The lowest BCUT2D eigenvalue weighted by Gasteiger charge is -2.15. The van der Waals surface area contributed by atoms with Crippen LogP contribution in [0.25, 0.3) is 0 Å². The predicted octanol–water partition coefficient (Wildman–Crippen LogP) is 1.44. The third-order valence-electron chi connectivity index (χ3n) is 3.59. The number of carbonyl (C=O) groups is 1. The van der Waals surface area contributed by atoms with Gasteiger partial charge in [-0.15, -0.1) is 0 Å². The van der Waals surface area contributed by atoms with Crippen molar-refractivity contribution in [3.05, 3.63) is 35.1 Å². The van der Waals surface area contributed by atoms with E-state index in [0.29, 0.717) is 18.0 Å². The van der Waals surface area contributed by atoms with Gasteiger partial charge in [0.15, 0.2) is 0 Å².